The molecule has 0 saturated heterocycles. The molecule has 2 nitrogen and oxygen atoms in total. The first-order valence-corrected chi connectivity index (χ1v) is 5.25. The average Bonchev–Trinajstić information content (AvgIpc) is 2.27. The molecule has 0 fully saturated rings. The van der Waals surface area contributed by atoms with Gasteiger partial charge in [0.2, 0.25) is 0 Å². The molecule has 2 rings (SSSR count). The van der Waals surface area contributed by atoms with Crippen molar-refractivity contribution < 1.29 is 13.2 Å². The molecule has 1 heterocycles. The molecule has 0 spiro atoms. The van der Waals surface area contributed by atoms with Crippen molar-refractivity contribution in [3.63, 3.8) is 0 Å². The highest BCUT2D eigenvalue weighted by Crippen LogP contribution is 2.31. The molecular weight excluding hydrogens is 243 g/mol. The van der Waals surface area contributed by atoms with Gasteiger partial charge in [-0.2, -0.15) is 13.2 Å². The molecule has 0 saturated carbocycles. The summed E-state index contributed by atoms with van der Waals surface area (Å²) in [6, 6.07) is 7.53. The fraction of sp³-hybridized carbons (Fsp3) is 0.154. The van der Waals surface area contributed by atoms with Crippen LogP contribution in [-0.2, 0) is 6.18 Å². The SMILES string of the molecule is Cc1cc(=O)cc(-c2cccc(C(F)(F)F)c2)[nH]1. The lowest BCUT2D eigenvalue weighted by Gasteiger charge is -2.09. The van der Waals surface area contributed by atoms with Crippen LogP contribution in [0.25, 0.3) is 11.3 Å². The molecule has 0 aliphatic carbocycles. The number of alkyl halides is 3. The standard InChI is InChI=1S/C13H10F3NO/c1-8-5-11(18)7-12(17-8)9-3-2-4-10(6-9)13(14,15)16/h2-7H,1H3,(H,17,18). The van der Waals surface area contributed by atoms with Gasteiger partial charge in [0, 0.05) is 23.5 Å². The fourth-order valence-corrected chi connectivity index (χ4v) is 1.70. The number of aromatic amines is 1. The molecule has 1 N–H and O–H groups in total. The zero-order valence-corrected chi connectivity index (χ0v) is 9.51. The number of H-pyrrole nitrogens is 1. The second-order valence-electron chi connectivity index (χ2n) is 3.99. The Morgan fingerprint density at radius 2 is 1.83 bits per heavy atom. The lowest BCUT2D eigenvalue weighted by Crippen LogP contribution is -2.06. The lowest BCUT2D eigenvalue weighted by atomic mass is 10.1. The molecule has 2 aromatic rings. The van der Waals surface area contributed by atoms with E-state index in [9.17, 15) is 18.0 Å². The molecule has 5 heteroatoms. The first-order valence-electron chi connectivity index (χ1n) is 5.25. The first kappa shape index (κ1) is 12.4. The Bertz CT molecular complexity index is 629. The van der Waals surface area contributed by atoms with Crippen LogP contribution in [0.15, 0.2) is 41.2 Å². The van der Waals surface area contributed by atoms with Gasteiger partial charge in [0.1, 0.15) is 0 Å². The van der Waals surface area contributed by atoms with E-state index in [0.29, 0.717) is 17.0 Å². The summed E-state index contributed by atoms with van der Waals surface area (Å²) < 4.78 is 37.7. The lowest BCUT2D eigenvalue weighted by molar-refractivity contribution is -0.137. The van der Waals surface area contributed by atoms with Crippen LogP contribution in [-0.4, -0.2) is 4.98 Å². The number of pyridine rings is 1. The second-order valence-corrected chi connectivity index (χ2v) is 3.99. The van der Waals surface area contributed by atoms with E-state index in [2.05, 4.69) is 4.98 Å². The summed E-state index contributed by atoms with van der Waals surface area (Å²) >= 11 is 0. The molecule has 0 amide bonds. The minimum Gasteiger partial charge on any atom is -0.358 e. The zero-order valence-electron chi connectivity index (χ0n) is 9.51. The maximum atomic E-state index is 12.6. The molecule has 0 aliphatic rings. The normalized spacial score (nSPS) is 11.6. The molecule has 18 heavy (non-hydrogen) atoms. The van der Waals surface area contributed by atoms with Gasteiger partial charge in [0.25, 0.3) is 0 Å². The predicted octanol–water partition coefficient (Wildman–Crippen LogP) is 3.37. The number of halogens is 3. The van der Waals surface area contributed by atoms with E-state index in [1.807, 2.05) is 0 Å². The third kappa shape index (κ3) is 2.61. The van der Waals surface area contributed by atoms with E-state index in [4.69, 9.17) is 0 Å². The van der Waals surface area contributed by atoms with Crippen molar-refractivity contribution in [2.24, 2.45) is 0 Å². The van der Waals surface area contributed by atoms with Gasteiger partial charge in [0.05, 0.1) is 5.56 Å². The van der Waals surface area contributed by atoms with Crippen molar-refractivity contribution >= 4 is 0 Å². The van der Waals surface area contributed by atoms with Gasteiger partial charge in [-0.15, -0.1) is 0 Å². The predicted molar refractivity (Wildman–Crippen MR) is 62.2 cm³/mol. The minimum absolute atomic E-state index is 0.237. The van der Waals surface area contributed by atoms with Gasteiger partial charge < -0.3 is 4.98 Å². The molecular formula is C13H10F3NO. The summed E-state index contributed by atoms with van der Waals surface area (Å²) in [5.74, 6) is 0. The Labute approximate surface area is 101 Å². The van der Waals surface area contributed by atoms with Crippen LogP contribution in [0.5, 0.6) is 0 Å². The summed E-state index contributed by atoms with van der Waals surface area (Å²) in [6.07, 6.45) is -4.39. The highest BCUT2D eigenvalue weighted by Gasteiger charge is 2.30. The number of hydrogen-bond donors (Lipinski definition) is 1. The van der Waals surface area contributed by atoms with Crippen LogP contribution in [0.2, 0.25) is 0 Å². The van der Waals surface area contributed by atoms with E-state index in [-0.39, 0.29) is 5.43 Å². The first-order chi connectivity index (χ1) is 8.36. The van der Waals surface area contributed by atoms with Gasteiger partial charge in [-0.25, -0.2) is 0 Å². The van der Waals surface area contributed by atoms with Gasteiger partial charge in [-0.1, -0.05) is 12.1 Å². The molecule has 0 radical (unpaired) electrons. The van der Waals surface area contributed by atoms with Gasteiger partial charge in [-0.3, -0.25) is 4.79 Å². The van der Waals surface area contributed by atoms with Crippen LogP contribution in [0.3, 0.4) is 0 Å². The van der Waals surface area contributed by atoms with Crippen LogP contribution in [0, 0.1) is 6.92 Å². The second kappa shape index (κ2) is 4.33. The van der Waals surface area contributed by atoms with Crippen molar-refractivity contribution in [3.8, 4) is 11.3 Å². The topological polar surface area (TPSA) is 32.9 Å². The van der Waals surface area contributed by atoms with Crippen molar-refractivity contribution in [3.05, 3.63) is 57.9 Å². The average molecular weight is 253 g/mol. The summed E-state index contributed by atoms with van der Waals surface area (Å²) in [5, 5.41) is 0. The van der Waals surface area contributed by atoms with Gasteiger partial charge >= 0.3 is 6.18 Å². The number of rotatable bonds is 1. The quantitative estimate of drug-likeness (QED) is 0.830. The maximum Gasteiger partial charge on any atom is 0.416 e. The van der Waals surface area contributed by atoms with Crippen molar-refractivity contribution in [2.45, 2.75) is 13.1 Å². The Morgan fingerprint density at radius 1 is 1.11 bits per heavy atom. The number of benzene rings is 1. The summed E-state index contributed by atoms with van der Waals surface area (Å²) in [4.78, 5) is 14.2. The van der Waals surface area contributed by atoms with Crippen molar-refractivity contribution in [1.82, 2.24) is 4.98 Å². The Balaban J connectivity index is 2.54. The van der Waals surface area contributed by atoms with E-state index < -0.39 is 11.7 Å². The van der Waals surface area contributed by atoms with Crippen molar-refractivity contribution in [1.29, 1.82) is 0 Å². The van der Waals surface area contributed by atoms with E-state index in [0.717, 1.165) is 12.1 Å². The largest absolute Gasteiger partial charge is 0.416 e. The molecule has 94 valence electrons. The van der Waals surface area contributed by atoms with Crippen LogP contribution in [0.1, 0.15) is 11.3 Å². The Hall–Kier alpha value is -2.04. The molecule has 0 atom stereocenters. The summed E-state index contributed by atoms with van der Waals surface area (Å²) in [5.41, 5.74) is 0.354. The number of hydrogen-bond acceptors (Lipinski definition) is 1. The monoisotopic (exact) mass is 253 g/mol. The number of aryl methyl sites for hydroxylation is 1. The highest BCUT2D eigenvalue weighted by molar-refractivity contribution is 5.60. The number of nitrogens with one attached hydrogen (secondary N) is 1. The van der Waals surface area contributed by atoms with Crippen LogP contribution in [0.4, 0.5) is 13.2 Å². The Kier molecular flexibility index (Phi) is 2.98. The maximum absolute atomic E-state index is 12.6. The van der Waals surface area contributed by atoms with Crippen molar-refractivity contribution in [2.75, 3.05) is 0 Å². The van der Waals surface area contributed by atoms with Gasteiger partial charge in [0.15, 0.2) is 5.43 Å². The molecule has 1 aromatic heterocycles. The zero-order chi connectivity index (χ0) is 13.3. The molecule has 0 unspecified atom stereocenters. The molecule has 1 aromatic carbocycles. The molecule has 0 bridgehead atoms. The fourth-order valence-electron chi connectivity index (χ4n) is 1.70. The third-order valence-corrected chi connectivity index (χ3v) is 2.48. The highest BCUT2D eigenvalue weighted by atomic mass is 19.4. The van der Waals surface area contributed by atoms with E-state index in [1.54, 1.807) is 6.92 Å². The number of aromatic nitrogens is 1. The molecule has 0 aliphatic heterocycles. The smallest absolute Gasteiger partial charge is 0.358 e. The van der Waals surface area contributed by atoms with E-state index in [1.165, 1.54) is 24.3 Å². The Morgan fingerprint density at radius 3 is 2.44 bits per heavy atom. The van der Waals surface area contributed by atoms with Crippen LogP contribution < -0.4 is 5.43 Å². The van der Waals surface area contributed by atoms with Crippen LogP contribution >= 0.6 is 0 Å². The van der Waals surface area contributed by atoms with E-state index >= 15 is 0 Å². The minimum atomic E-state index is -4.39. The van der Waals surface area contributed by atoms with Gasteiger partial charge in [-0.05, 0) is 24.6 Å². The summed E-state index contributed by atoms with van der Waals surface area (Å²) in [7, 11) is 0. The third-order valence-electron chi connectivity index (χ3n) is 2.48. The summed E-state index contributed by atoms with van der Waals surface area (Å²) in [6.45, 7) is 1.68.